The highest BCUT2D eigenvalue weighted by atomic mass is 19.1. The van der Waals surface area contributed by atoms with Crippen LogP contribution in [0.25, 0.3) is 22.2 Å². The van der Waals surface area contributed by atoms with Crippen molar-refractivity contribution in [1.82, 2.24) is 15.0 Å². The van der Waals surface area contributed by atoms with E-state index >= 15 is 0 Å². The zero-order chi connectivity index (χ0) is 16.9. The maximum absolute atomic E-state index is 14.0. The van der Waals surface area contributed by atoms with Crippen LogP contribution in [0.15, 0.2) is 42.7 Å². The Morgan fingerprint density at radius 2 is 2.12 bits per heavy atom. The zero-order valence-electron chi connectivity index (χ0n) is 13.8. The molecule has 0 aliphatic carbocycles. The summed E-state index contributed by atoms with van der Waals surface area (Å²) in [5.74, 6) is 0.422. The van der Waals surface area contributed by atoms with Gasteiger partial charge in [0.05, 0.1) is 11.7 Å². The Kier molecular flexibility index (Phi) is 5.05. The van der Waals surface area contributed by atoms with Crippen LogP contribution in [-0.2, 0) is 4.74 Å². The van der Waals surface area contributed by atoms with Gasteiger partial charge in [0.15, 0.2) is 0 Å². The van der Waals surface area contributed by atoms with E-state index in [9.17, 15) is 4.39 Å². The number of aromatic amines is 1. The Balaban J connectivity index is 1.79. The van der Waals surface area contributed by atoms with Crippen molar-refractivity contribution in [2.45, 2.75) is 25.6 Å². The number of benzene rings is 1. The van der Waals surface area contributed by atoms with E-state index in [1.54, 1.807) is 20.2 Å². The van der Waals surface area contributed by atoms with Crippen molar-refractivity contribution >= 4 is 16.9 Å². The highest BCUT2D eigenvalue weighted by Crippen LogP contribution is 2.27. The van der Waals surface area contributed by atoms with Crippen molar-refractivity contribution in [2.24, 2.45) is 0 Å². The largest absolute Gasteiger partial charge is 0.385 e. The van der Waals surface area contributed by atoms with Gasteiger partial charge in [-0.2, -0.15) is 0 Å². The number of methoxy groups -OCH3 is 1. The van der Waals surface area contributed by atoms with Crippen molar-refractivity contribution in [2.75, 3.05) is 19.0 Å². The summed E-state index contributed by atoms with van der Waals surface area (Å²) in [5, 5.41) is 4.13. The van der Waals surface area contributed by atoms with E-state index in [1.165, 1.54) is 0 Å². The summed E-state index contributed by atoms with van der Waals surface area (Å²) in [4.78, 5) is 12.0. The molecule has 2 heterocycles. The molecule has 0 aliphatic rings. The average Bonchev–Trinajstić information content (AvgIpc) is 3.04. The summed E-state index contributed by atoms with van der Waals surface area (Å²) >= 11 is 0. The number of halogens is 1. The van der Waals surface area contributed by atoms with Crippen molar-refractivity contribution in [3.8, 4) is 11.3 Å². The van der Waals surface area contributed by atoms with Crippen LogP contribution >= 0.6 is 0 Å². The van der Waals surface area contributed by atoms with Crippen LogP contribution in [-0.4, -0.2) is 40.9 Å². The Hall–Kier alpha value is -2.47. The number of hydrogen-bond acceptors (Lipinski definition) is 4. The van der Waals surface area contributed by atoms with E-state index in [4.69, 9.17) is 4.74 Å². The fraction of sp³-hybridized carbons (Fsp3) is 0.333. The SMILES string of the molecule is COCCC(F)[C@H](C)Nc1nccc(-c2c[nH]c3ccccc23)n1. The van der Waals surface area contributed by atoms with Gasteiger partial charge in [0.25, 0.3) is 0 Å². The van der Waals surface area contributed by atoms with E-state index in [0.717, 1.165) is 22.2 Å². The first-order valence-corrected chi connectivity index (χ1v) is 7.98. The maximum atomic E-state index is 14.0. The Morgan fingerprint density at radius 1 is 1.29 bits per heavy atom. The number of rotatable bonds is 7. The van der Waals surface area contributed by atoms with Crippen LogP contribution in [0, 0.1) is 0 Å². The van der Waals surface area contributed by atoms with Crippen molar-refractivity contribution in [1.29, 1.82) is 0 Å². The lowest BCUT2D eigenvalue weighted by molar-refractivity contribution is 0.155. The molecular weight excluding hydrogens is 307 g/mol. The minimum atomic E-state index is -1.02. The first-order valence-electron chi connectivity index (χ1n) is 7.98. The summed E-state index contributed by atoms with van der Waals surface area (Å²) in [5.41, 5.74) is 2.85. The number of ether oxygens (including phenoxy) is 1. The highest BCUT2D eigenvalue weighted by Gasteiger charge is 2.17. The Morgan fingerprint density at radius 3 is 2.96 bits per heavy atom. The lowest BCUT2D eigenvalue weighted by Crippen LogP contribution is -2.29. The first kappa shape index (κ1) is 16.4. The average molecular weight is 328 g/mol. The highest BCUT2D eigenvalue weighted by molar-refractivity contribution is 5.94. The molecule has 0 amide bonds. The normalized spacial score (nSPS) is 13.8. The third kappa shape index (κ3) is 3.54. The summed E-state index contributed by atoms with van der Waals surface area (Å²) in [6, 6.07) is 9.50. The zero-order valence-corrected chi connectivity index (χ0v) is 13.8. The van der Waals surface area contributed by atoms with Gasteiger partial charge >= 0.3 is 0 Å². The Labute approximate surface area is 140 Å². The standard InChI is InChI=1S/C18H21FN4O/c1-12(15(19)8-10-24-2)22-18-20-9-7-17(23-18)14-11-21-16-6-4-3-5-13(14)16/h3-7,9,11-12,15,21H,8,10H2,1-2H3,(H,20,22,23)/t12-,15?/m0/s1. The predicted octanol–water partition coefficient (Wildman–Crippen LogP) is 3.80. The molecule has 3 aromatic rings. The molecule has 126 valence electrons. The summed E-state index contributed by atoms with van der Waals surface area (Å²) in [7, 11) is 1.57. The number of fused-ring (bicyclic) bond motifs is 1. The number of alkyl halides is 1. The molecule has 6 heteroatoms. The number of nitrogens with zero attached hydrogens (tertiary/aromatic N) is 2. The van der Waals surface area contributed by atoms with Gasteiger partial charge in [0.2, 0.25) is 5.95 Å². The topological polar surface area (TPSA) is 62.8 Å². The van der Waals surface area contributed by atoms with E-state index < -0.39 is 12.2 Å². The molecular formula is C18H21FN4O. The van der Waals surface area contributed by atoms with Crippen LogP contribution in [0.5, 0.6) is 0 Å². The van der Waals surface area contributed by atoms with E-state index in [2.05, 4.69) is 20.3 Å². The number of anilines is 1. The minimum absolute atomic E-state index is 0.340. The quantitative estimate of drug-likeness (QED) is 0.692. The second kappa shape index (κ2) is 7.40. The minimum Gasteiger partial charge on any atom is -0.385 e. The molecule has 0 saturated carbocycles. The van der Waals surface area contributed by atoms with Gasteiger partial charge in [-0.25, -0.2) is 14.4 Å². The monoisotopic (exact) mass is 328 g/mol. The summed E-state index contributed by atoms with van der Waals surface area (Å²) < 4.78 is 19.0. The molecule has 0 fully saturated rings. The smallest absolute Gasteiger partial charge is 0.223 e. The molecule has 5 nitrogen and oxygen atoms in total. The van der Waals surface area contributed by atoms with Crippen LogP contribution in [0.1, 0.15) is 13.3 Å². The molecule has 0 saturated heterocycles. The third-order valence-corrected chi connectivity index (χ3v) is 4.02. The lowest BCUT2D eigenvalue weighted by Gasteiger charge is -2.18. The number of nitrogens with one attached hydrogen (secondary N) is 2. The van der Waals surface area contributed by atoms with Crippen molar-refractivity contribution in [3.05, 3.63) is 42.7 Å². The third-order valence-electron chi connectivity index (χ3n) is 4.02. The molecule has 1 aromatic carbocycles. The second-order valence-electron chi connectivity index (χ2n) is 5.74. The molecule has 2 N–H and O–H groups in total. The van der Waals surface area contributed by atoms with Crippen LogP contribution in [0.2, 0.25) is 0 Å². The van der Waals surface area contributed by atoms with Gasteiger partial charge < -0.3 is 15.0 Å². The first-order chi connectivity index (χ1) is 11.7. The lowest BCUT2D eigenvalue weighted by atomic mass is 10.1. The van der Waals surface area contributed by atoms with Gasteiger partial charge in [-0.3, -0.25) is 0 Å². The van der Waals surface area contributed by atoms with E-state index in [0.29, 0.717) is 19.0 Å². The molecule has 0 spiro atoms. The number of para-hydroxylation sites is 1. The fourth-order valence-corrected chi connectivity index (χ4v) is 2.64. The summed E-state index contributed by atoms with van der Waals surface area (Å²) in [6.45, 7) is 2.17. The van der Waals surface area contributed by atoms with Crippen LogP contribution in [0.4, 0.5) is 10.3 Å². The van der Waals surface area contributed by atoms with Gasteiger partial charge in [0, 0.05) is 49.0 Å². The van der Waals surface area contributed by atoms with Gasteiger partial charge in [0.1, 0.15) is 6.17 Å². The van der Waals surface area contributed by atoms with E-state index in [-0.39, 0.29) is 0 Å². The predicted molar refractivity (Wildman–Crippen MR) is 93.8 cm³/mol. The molecule has 1 unspecified atom stereocenters. The molecule has 0 aliphatic heterocycles. The maximum Gasteiger partial charge on any atom is 0.223 e. The Bertz CT molecular complexity index is 804. The van der Waals surface area contributed by atoms with E-state index in [1.807, 2.05) is 36.5 Å². The molecule has 2 atom stereocenters. The van der Waals surface area contributed by atoms with Gasteiger partial charge in [-0.05, 0) is 19.1 Å². The number of aromatic nitrogens is 3. The molecule has 24 heavy (non-hydrogen) atoms. The molecule has 2 aromatic heterocycles. The number of hydrogen-bond donors (Lipinski definition) is 2. The van der Waals surface area contributed by atoms with Crippen molar-refractivity contribution in [3.63, 3.8) is 0 Å². The molecule has 3 rings (SSSR count). The molecule has 0 radical (unpaired) electrons. The van der Waals surface area contributed by atoms with Crippen LogP contribution < -0.4 is 5.32 Å². The van der Waals surface area contributed by atoms with Crippen molar-refractivity contribution < 1.29 is 9.13 Å². The second-order valence-corrected chi connectivity index (χ2v) is 5.74. The number of H-pyrrole nitrogens is 1. The fourth-order valence-electron chi connectivity index (χ4n) is 2.64. The summed E-state index contributed by atoms with van der Waals surface area (Å²) in [6.07, 6.45) is 2.93. The van der Waals surface area contributed by atoms with Gasteiger partial charge in [-0.15, -0.1) is 0 Å². The van der Waals surface area contributed by atoms with Crippen LogP contribution in [0.3, 0.4) is 0 Å². The molecule has 0 bridgehead atoms. The van der Waals surface area contributed by atoms with Gasteiger partial charge in [-0.1, -0.05) is 18.2 Å².